The van der Waals surface area contributed by atoms with E-state index in [4.69, 9.17) is 4.42 Å². The zero-order chi connectivity index (χ0) is 14.4. The van der Waals surface area contributed by atoms with Gasteiger partial charge in [-0.05, 0) is 43.2 Å². The number of carboxylic acids is 1. The number of aliphatic carboxylic acids is 1. The van der Waals surface area contributed by atoms with E-state index in [0.717, 1.165) is 36.0 Å². The van der Waals surface area contributed by atoms with Crippen LogP contribution in [0.2, 0.25) is 0 Å². The monoisotopic (exact) mass is 285 g/mol. The molecular weight excluding hydrogens is 266 g/mol. The number of rotatable bonds is 4. The Labute approximate surface area is 123 Å². The van der Waals surface area contributed by atoms with Crippen molar-refractivity contribution in [1.82, 2.24) is 5.32 Å². The van der Waals surface area contributed by atoms with E-state index in [0.29, 0.717) is 18.4 Å². The molecule has 2 aliphatic rings. The Morgan fingerprint density at radius 2 is 2.10 bits per heavy atom. The predicted octanol–water partition coefficient (Wildman–Crippen LogP) is 3.02. The second kappa shape index (κ2) is 4.88. The molecule has 0 radical (unpaired) electrons. The Kier molecular flexibility index (Phi) is 3.00. The molecule has 21 heavy (non-hydrogen) atoms. The van der Waals surface area contributed by atoms with Gasteiger partial charge in [-0.15, -0.1) is 0 Å². The number of carbonyl (C=O) groups is 1. The van der Waals surface area contributed by atoms with Crippen LogP contribution >= 0.6 is 0 Å². The summed E-state index contributed by atoms with van der Waals surface area (Å²) in [6.07, 6.45) is 3.30. The largest absolute Gasteiger partial charge is 0.481 e. The first-order chi connectivity index (χ1) is 10.2. The molecule has 4 atom stereocenters. The molecule has 1 aromatic carbocycles. The Hall–Kier alpha value is -1.81. The minimum absolute atomic E-state index is 0.0921. The van der Waals surface area contributed by atoms with E-state index in [9.17, 15) is 9.90 Å². The molecule has 1 aromatic heterocycles. The maximum Gasteiger partial charge on any atom is 0.308 e. The van der Waals surface area contributed by atoms with E-state index in [-0.39, 0.29) is 12.0 Å². The van der Waals surface area contributed by atoms with Crippen molar-refractivity contribution in [3.8, 4) is 0 Å². The van der Waals surface area contributed by atoms with Crippen molar-refractivity contribution in [2.24, 2.45) is 17.8 Å². The summed E-state index contributed by atoms with van der Waals surface area (Å²) in [5.41, 5.74) is 0.886. The van der Waals surface area contributed by atoms with E-state index in [1.165, 1.54) is 0 Å². The van der Waals surface area contributed by atoms with Crippen LogP contribution in [0.1, 0.15) is 25.0 Å². The van der Waals surface area contributed by atoms with Gasteiger partial charge in [0, 0.05) is 11.4 Å². The van der Waals surface area contributed by atoms with Gasteiger partial charge in [0.15, 0.2) is 0 Å². The fourth-order valence-corrected chi connectivity index (χ4v) is 4.28. The normalized spacial score (nSPS) is 31.0. The molecule has 110 valence electrons. The summed E-state index contributed by atoms with van der Waals surface area (Å²) in [6, 6.07) is 10.1. The number of nitrogens with one attached hydrogen (secondary N) is 1. The Bertz CT molecular complexity index is 644. The fourth-order valence-electron chi connectivity index (χ4n) is 4.28. The molecule has 2 saturated carbocycles. The standard InChI is InChI=1S/C17H19NO3/c19-17(20)15-11-5-6-12(7-11)16(15)18-9-13-8-10-3-1-2-4-14(10)21-13/h1-4,8,11-12,15-16,18H,5-7,9H2,(H,19,20). The number of benzene rings is 1. The fraction of sp³-hybridized carbons (Fsp3) is 0.471. The third-order valence-electron chi connectivity index (χ3n) is 5.19. The average molecular weight is 285 g/mol. The maximum atomic E-state index is 11.5. The zero-order valence-corrected chi connectivity index (χ0v) is 11.8. The van der Waals surface area contributed by atoms with Crippen LogP contribution in [0.3, 0.4) is 0 Å². The highest BCUT2D eigenvalue weighted by molar-refractivity contribution is 5.77. The lowest BCUT2D eigenvalue weighted by molar-refractivity contribution is -0.144. The molecule has 2 aromatic rings. The average Bonchev–Trinajstić information content (AvgIpc) is 3.17. The van der Waals surface area contributed by atoms with Gasteiger partial charge in [-0.3, -0.25) is 4.79 Å². The zero-order valence-electron chi connectivity index (χ0n) is 11.8. The lowest BCUT2D eigenvalue weighted by Gasteiger charge is -2.28. The van der Waals surface area contributed by atoms with Crippen LogP contribution < -0.4 is 5.32 Å². The molecule has 0 aliphatic heterocycles. The van der Waals surface area contributed by atoms with Crippen LogP contribution in [-0.4, -0.2) is 17.1 Å². The number of furan rings is 1. The number of para-hydroxylation sites is 1. The van der Waals surface area contributed by atoms with Crippen LogP contribution in [0, 0.1) is 17.8 Å². The minimum Gasteiger partial charge on any atom is -0.481 e. The van der Waals surface area contributed by atoms with Gasteiger partial charge in [-0.1, -0.05) is 18.2 Å². The molecule has 0 spiro atoms. The molecular formula is C17H19NO3. The SMILES string of the molecule is O=C(O)C1C2CCC(C2)C1NCc1cc2ccccc2o1. The Balaban J connectivity index is 1.49. The van der Waals surface area contributed by atoms with Crippen molar-refractivity contribution in [2.45, 2.75) is 31.8 Å². The van der Waals surface area contributed by atoms with Gasteiger partial charge < -0.3 is 14.8 Å². The number of carboxylic acid groups (broad SMARTS) is 1. The summed E-state index contributed by atoms with van der Waals surface area (Å²) in [4.78, 5) is 11.5. The highest BCUT2D eigenvalue weighted by Crippen LogP contribution is 2.48. The summed E-state index contributed by atoms with van der Waals surface area (Å²) in [5, 5.41) is 14.0. The van der Waals surface area contributed by atoms with Crippen LogP contribution in [0.15, 0.2) is 34.7 Å². The first kappa shape index (κ1) is 12.9. The van der Waals surface area contributed by atoms with E-state index < -0.39 is 5.97 Å². The lowest BCUT2D eigenvalue weighted by Crippen LogP contribution is -2.43. The molecule has 4 unspecified atom stereocenters. The molecule has 0 amide bonds. The summed E-state index contributed by atoms with van der Waals surface area (Å²) in [6.45, 7) is 0.604. The van der Waals surface area contributed by atoms with Crippen molar-refractivity contribution in [3.05, 3.63) is 36.1 Å². The number of hydrogen-bond donors (Lipinski definition) is 2. The summed E-state index contributed by atoms with van der Waals surface area (Å²) in [5.74, 6) is 0.877. The third-order valence-corrected chi connectivity index (χ3v) is 5.19. The number of fused-ring (bicyclic) bond motifs is 3. The van der Waals surface area contributed by atoms with Gasteiger partial charge >= 0.3 is 5.97 Å². The van der Waals surface area contributed by atoms with Crippen LogP contribution in [-0.2, 0) is 11.3 Å². The molecule has 0 saturated heterocycles. The van der Waals surface area contributed by atoms with E-state index in [2.05, 4.69) is 5.32 Å². The van der Waals surface area contributed by atoms with Crippen LogP contribution in [0.4, 0.5) is 0 Å². The third kappa shape index (κ3) is 2.14. The van der Waals surface area contributed by atoms with Gasteiger partial charge in [0.05, 0.1) is 12.5 Å². The van der Waals surface area contributed by atoms with E-state index in [1.807, 2.05) is 30.3 Å². The van der Waals surface area contributed by atoms with Gasteiger partial charge in [0.25, 0.3) is 0 Å². The Morgan fingerprint density at radius 1 is 1.29 bits per heavy atom. The van der Waals surface area contributed by atoms with Crippen molar-refractivity contribution >= 4 is 16.9 Å². The first-order valence-electron chi connectivity index (χ1n) is 7.66. The van der Waals surface area contributed by atoms with E-state index >= 15 is 0 Å². The summed E-state index contributed by atoms with van der Waals surface area (Å²) in [7, 11) is 0. The smallest absolute Gasteiger partial charge is 0.308 e. The summed E-state index contributed by atoms with van der Waals surface area (Å²) < 4.78 is 5.79. The van der Waals surface area contributed by atoms with Gasteiger partial charge in [-0.25, -0.2) is 0 Å². The van der Waals surface area contributed by atoms with Crippen molar-refractivity contribution < 1.29 is 14.3 Å². The molecule has 2 N–H and O–H groups in total. The molecule has 2 fully saturated rings. The van der Waals surface area contributed by atoms with Crippen LogP contribution in [0.5, 0.6) is 0 Å². The minimum atomic E-state index is -0.649. The highest BCUT2D eigenvalue weighted by Gasteiger charge is 2.50. The molecule has 1 heterocycles. The highest BCUT2D eigenvalue weighted by atomic mass is 16.4. The van der Waals surface area contributed by atoms with Crippen LogP contribution in [0.25, 0.3) is 11.0 Å². The lowest BCUT2D eigenvalue weighted by atomic mass is 9.84. The summed E-state index contributed by atoms with van der Waals surface area (Å²) >= 11 is 0. The van der Waals surface area contributed by atoms with Gasteiger partial charge in [0.1, 0.15) is 11.3 Å². The van der Waals surface area contributed by atoms with Gasteiger partial charge in [0.2, 0.25) is 0 Å². The predicted molar refractivity (Wildman–Crippen MR) is 78.8 cm³/mol. The number of hydrogen-bond acceptors (Lipinski definition) is 3. The topological polar surface area (TPSA) is 62.5 Å². The first-order valence-corrected chi connectivity index (χ1v) is 7.66. The molecule has 2 aliphatic carbocycles. The maximum absolute atomic E-state index is 11.5. The van der Waals surface area contributed by atoms with Crippen molar-refractivity contribution in [2.75, 3.05) is 0 Å². The van der Waals surface area contributed by atoms with Crippen molar-refractivity contribution in [1.29, 1.82) is 0 Å². The molecule has 4 heteroatoms. The molecule has 4 nitrogen and oxygen atoms in total. The second-order valence-electron chi connectivity index (χ2n) is 6.35. The molecule has 2 bridgehead atoms. The quantitative estimate of drug-likeness (QED) is 0.906. The van der Waals surface area contributed by atoms with Crippen molar-refractivity contribution in [3.63, 3.8) is 0 Å². The second-order valence-corrected chi connectivity index (χ2v) is 6.35. The Morgan fingerprint density at radius 3 is 2.90 bits per heavy atom. The molecule has 4 rings (SSSR count). The van der Waals surface area contributed by atoms with Gasteiger partial charge in [-0.2, -0.15) is 0 Å². The van der Waals surface area contributed by atoms with E-state index in [1.54, 1.807) is 0 Å².